The highest BCUT2D eigenvalue weighted by molar-refractivity contribution is 5.96. The van der Waals surface area contributed by atoms with Crippen molar-refractivity contribution in [3.63, 3.8) is 0 Å². The van der Waals surface area contributed by atoms with Crippen LogP contribution < -0.4 is 16.0 Å². The van der Waals surface area contributed by atoms with Crippen LogP contribution in [0.5, 0.6) is 0 Å². The lowest BCUT2D eigenvalue weighted by molar-refractivity contribution is -0.116. The van der Waals surface area contributed by atoms with E-state index >= 15 is 0 Å². The highest BCUT2D eigenvalue weighted by Crippen LogP contribution is 2.20. The Morgan fingerprint density at radius 1 is 1.17 bits per heavy atom. The molecular weight excluding hydrogens is 302 g/mol. The van der Waals surface area contributed by atoms with E-state index in [1.165, 1.54) is 19.3 Å². The van der Waals surface area contributed by atoms with Crippen LogP contribution in [0.1, 0.15) is 60.9 Å². The summed E-state index contributed by atoms with van der Waals surface area (Å²) in [6.45, 7) is 2.74. The molecule has 0 radical (unpaired) electrons. The number of rotatable bonds is 7. The van der Waals surface area contributed by atoms with Crippen molar-refractivity contribution >= 4 is 17.5 Å². The number of carbonyl (C=O) groups is 2. The van der Waals surface area contributed by atoms with E-state index in [0.29, 0.717) is 18.0 Å². The number of nitrogens with one attached hydrogen (secondary N) is 3. The largest absolute Gasteiger partial charge is 0.349 e. The van der Waals surface area contributed by atoms with E-state index in [9.17, 15) is 9.59 Å². The normalized spacial score (nSPS) is 15.1. The van der Waals surface area contributed by atoms with Crippen LogP contribution in [0.15, 0.2) is 18.2 Å². The van der Waals surface area contributed by atoms with Crippen molar-refractivity contribution in [3.8, 4) is 0 Å². The SMILES string of the molecule is CNCCCC(=O)Nc1ccc(C(=O)NC2CCCCC2)cc1C. The number of hydrogen-bond acceptors (Lipinski definition) is 3. The van der Waals surface area contributed by atoms with Crippen molar-refractivity contribution in [2.45, 2.75) is 57.9 Å². The van der Waals surface area contributed by atoms with Crippen LogP contribution >= 0.6 is 0 Å². The van der Waals surface area contributed by atoms with Crippen molar-refractivity contribution < 1.29 is 9.59 Å². The molecule has 0 bridgehead atoms. The number of carbonyl (C=O) groups excluding carboxylic acids is 2. The second-order valence-electron chi connectivity index (χ2n) is 6.59. The second kappa shape index (κ2) is 9.42. The minimum Gasteiger partial charge on any atom is -0.349 e. The maximum absolute atomic E-state index is 12.4. The molecule has 2 amide bonds. The molecule has 1 aliphatic carbocycles. The number of benzene rings is 1. The number of amides is 2. The van der Waals surface area contributed by atoms with Gasteiger partial charge in [0, 0.05) is 23.7 Å². The molecule has 2 rings (SSSR count). The van der Waals surface area contributed by atoms with Gasteiger partial charge in [0.25, 0.3) is 5.91 Å². The maximum Gasteiger partial charge on any atom is 0.251 e. The first-order chi connectivity index (χ1) is 11.6. The third-order valence-electron chi connectivity index (χ3n) is 4.53. The molecule has 1 aromatic carbocycles. The summed E-state index contributed by atoms with van der Waals surface area (Å²) in [5.41, 5.74) is 2.35. The van der Waals surface area contributed by atoms with Crippen LogP contribution in [-0.2, 0) is 4.79 Å². The standard InChI is InChI=1S/C19H29N3O2/c1-14-13-15(19(24)21-16-7-4-3-5-8-16)10-11-17(14)22-18(23)9-6-12-20-2/h10-11,13,16,20H,3-9,12H2,1-2H3,(H,21,24)(H,22,23). The number of anilines is 1. The fourth-order valence-corrected chi connectivity index (χ4v) is 3.10. The van der Waals surface area contributed by atoms with Crippen molar-refractivity contribution in [2.24, 2.45) is 0 Å². The maximum atomic E-state index is 12.4. The summed E-state index contributed by atoms with van der Waals surface area (Å²) >= 11 is 0. The van der Waals surface area contributed by atoms with Crippen molar-refractivity contribution in [3.05, 3.63) is 29.3 Å². The molecular formula is C19H29N3O2. The number of hydrogen-bond donors (Lipinski definition) is 3. The lowest BCUT2D eigenvalue weighted by Gasteiger charge is -2.23. The smallest absolute Gasteiger partial charge is 0.251 e. The third-order valence-corrected chi connectivity index (χ3v) is 4.53. The zero-order valence-corrected chi connectivity index (χ0v) is 14.8. The molecule has 3 N–H and O–H groups in total. The van der Waals surface area contributed by atoms with Gasteiger partial charge in [-0.3, -0.25) is 9.59 Å². The minimum absolute atomic E-state index is 0.00718. The molecule has 1 fully saturated rings. The van der Waals surface area contributed by atoms with Crippen LogP contribution in [0.3, 0.4) is 0 Å². The van der Waals surface area contributed by atoms with Gasteiger partial charge < -0.3 is 16.0 Å². The van der Waals surface area contributed by atoms with Crippen molar-refractivity contribution in [1.29, 1.82) is 0 Å². The third kappa shape index (κ3) is 5.64. The van der Waals surface area contributed by atoms with E-state index in [2.05, 4.69) is 16.0 Å². The minimum atomic E-state index is -0.0168. The monoisotopic (exact) mass is 331 g/mol. The molecule has 5 heteroatoms. The first-order valence-electron chi connectivity index (χ1n) is 8.96. The molecule has 0 atom stereocenters. The predicted octanol–water partition coefficient (Wildman–Crippen LogP) is 3.00. The van der Waals surface area contributed by atoms with E-state index in [4.69, 9.17) is 0 Å². The molecule has 5 nitrogen and oxygen atoms in total. The molecule has 1 aliphatic rings. The summed E-state index contributed by atoms with van der Waals surface area (Å²) in [4.78, 5) is 24.3. The van der Waals surface area contributed by atoms with Gasteiger partial charge in [-0.15, -0.1) is 0 Å². The summed E-state index contributed by atoms with van der Waals surface area (Å²) in [6.07, 6.45) is 7.11. The number of aryl methyl sites for hydroxylation is 1. The first-order valence-corrected chi connectivity index (χ1v) is 8.96. The Bertz CT molecular complexity index is 566. The summed E-state index contributed by atoms with van der Waals surface area (Å²) in [5, 5.41) is 9.07. The Kier molecular flexibility index (Phi) is 7.25. The summed E-state index contributed by atoms with van der Waals surface area (Å²) in [7, 11) is 1.87. The summed E-state index contributed by atoms with van der Waals surface area (Å²) in [6, 6.07) is 5.76. The second-order valence-corrected chi connectivity index (χ2v) is 6.59. The zero-order chi connectivity index (χ0) is 17.4. The molecule has 24 heavy (non-hydrogen) atoms. The van der Waals surface area contributed by atoms with Crippen molar-refractivity contribution in [1.82, 2.24) is 10.6 Å². The van der Waals surface area contributed by atoms with E-state index < -0.39 is 0 Å². The van der Waals surface area contributed by atoms with Crippen LogP contribution in [0.4, 0.5) is 5.69 Å². The van der Waals surface area contributed by atoms with Gasteiger partial charge >= 0.3 is 0 Å². The Labute approximate surface area is 144 Å². The average Bonchev–Trinajstić information content (AvgIpc) is 2.58. The topological polar surface area (TPSA) is 70.2 Å². The Morgan fingerprint density at radius 3 is 2.58 bits per heavy atom. The van der Waals surface area contributed by atoms with E-state index in [-0.39, 0.29) is 11.8 Å². The average molecular weight is 331 g/mol. The molecule has 0 spiro atoms. The van der Waals surface area contributed by atoms with Crippen molar-refractivity contribution in [2.75, 3.05) is 18.9 Å². The van der Waals surface area contributed by atoms with Gasteiger partial charge in [-0.2, -0.15) is 0 Å². The van der Waals surface area contributed by atoms with Gasteiger partial charge in [0.15, 0.2) is 0 Å². The molecule has 0 unspecified atom stereocenters. The van der Waals surface area contributed by atoms with Gasteiger partial charge in [0.2, 0.25) is 5.91 Å². The van der Waals surface area contributed by atoms with Gasteiger partial charge in [0.1, 0.15) is 0 Å². The molecule has 1 saturated carbocycles. The molecule has 0 heterocycles. The fraction of sp³-hybridized carbons (Fsp3) is 0.579. The van der Waals surface area contributed by atoms with Crippen LogP contribution in [-0.4, -0.2) is 31.4 Å². The van der Waals surface area contributed by atoms with Gasteiger partial charge in [-0.05, 0) is 63.5 Å². The lowest BCUT2D eigenvalue weighted by atomic mass is 9.95. The molecule has 0 aliphatic heterocycles. The van der Waals surface area contributed by atoms with Gasteiger partial charge in [-0.1, -0.05) is 19.3 Å². The fourth-order valence-electron chi connectivity index (χ4n) is 3.10. The highest BCUT2D eigenvalue weighted by Gasteiger charge is 2.17. The van der Waals surface area contributed by atoms with Crippen LogP contribution in [0.25, 0.3) is 0 Å². The predicted molar refractivity (Wildman–Crippen MR) is 97.3 cm³/mol. The van der Waals surface area contributed by atoms with E-state index in [1.54, 1.807) is 6.07 Å². The lowest BCUT2D eigenvalue weighted by Crippen LogP contribution is -2.36. The summed E-state index contributed by atoms with van der Waals surface area (Å²) in [5.74, 6) is -0.00958. The van der Waals surface area contributed by atoms with E-state index in [1.807, 2.05) is 26.1 Å². The molecule has 1 aromatic rings. The van der Waals surface area contributed by atoms with Gasteiger partial charge in [-0.25, -0.2) is 0 Å². The Hall–Kier alpha value is -1.88. The zero-order valence-electron chi connectivity index (χ0n) is 14.8. The molecule has 132 valence electrons. The highest BCUT2D eigenvalue weighted by atomic mass is 16.2. The Morgan fingerprint density at radius 2 is 1.92 bits per heavy atom. The van der Waals surface area contributed by atoms with Crippen LogP contribution in [0, 0.1) is 6.92 Å². The van der Waals surface area contributed by atoms with E-state index in [0.717, 1.165) is 37.1 Å². The first kappa shape index (κ1) is 18.5. The Balaban J connectivity index is 1.90. The van der Waals surface area contributed by atoms with Gasteiger partial charge in [0.05, 0.1) is 0 Å². The molecule has 0 saturated heterocycles. The van der Waals surface area contributed by atoms with Crippen LogP contribution in [0.2, 0.25) is 0 Å². The summed E-state index contributed by atoms with van der Waals surface area (Å²) < 4.78 is 0. The molecule has 0 aromatic heterocycles. The quantitative estimate of drug-likeness (QED) is 0.673.